The van der Waals surface area contributed by atoms with E-state index in [1.807, 2.05) is 37.3 Å². The molecule has 1 unspecified atom stereocenters. The lowest BCUT2D eigenvalue weighted by molar-refractivity contribution is 0.183. The van der Waals surface area contributed by atoms with Gasteiger partial charge >= 0.3 is 0 Å². The number of hydrogen-bond donors (Lipinski definition) is 3. The lowest BCUT2D eigenvalue weighted by Crippen LogP contribution is -2.30. The van der Waals surface area contributed by atoms with Crippen molar-refractivity contribution in [1.29, 1.82) is 0 Å². The number of fused-ring (bicyclic) bond motifs is 1. The standard InChI is InChI=1S/C26H35N7O2/c1-18-13-20(9-10-23(18)32(3)11-12-34)30-26-28-15-22-19(17-35-4)16-33(25(22)31-26)24-8-6-5-7-21(29-24)14-27-2/h6-10,13,15,19,27,34H,5,11-12,14,16-17H2,1-4H3,(H,28,30,31). The van der Waals surface area contributed by atoms with Crippen LogP contribution < -0.4 is 20.4 Å². The second kappa shape index (κ2) is 11.4. The molecule has 0 radical (unpaired) electrons. The van der Waals surface area contributed by atoms with Gasteiger partial charge in [0.15, 0.2) is 0 Å². The molecule has 0 bridgehead atoms. The van der Waals surface area contributed by atoms with Gasteiger partial charge in [0.05, 0.1) is 18.9 Å². The minimum atomic E-state index is 0.117. The Morgan fingerprint density at radius 2 is 2.17 bits per heavy atom. The number of amidine groups is 1. The molecule has 9 heteroatoms. The topological polar surface area (TPSA) is 98.1 Å². The van der Waals surface area contributed by atoms with Gasteiger partial charge in [-0.15, -0.1) is 0 Å². The minimum absolute atomic E-state index is 0.117. The number of rotatable bonds is 9. The van der Waals surface area contributed by atoms with Crippen LogP contribution in [0.15, 0.2) is 53.3 Å². The first-order valence-electron chi connectivity index (χ1n) is 12.0. The number of aliphatic hydroxyl groups excluding tert-OH is 1. The largest absolute Gasteiger partial charge is 0.395 e. The van der Waals surface area contributed by atoms with E-state index in [0.717, 1.165) is 52.8 Å². The Bertz CT molecular complexity index is 1130. The molecule has 3 heterocycles. The van der Waals surface area contributed by atoms with Crippen molar-refractivity contribution in [2.24, 2.45) is 4.99 Å². The number of aliphatic imine (C=N–C) groups is 1. The van der Waals surface area contributed by atoms with Crippen molar-refractivity contribution in [2.45, 2.75) is 19.3 Å². The van der Waals surface area contributed by atoms with Gasteiger partial charge in [-0.05, 0) is 50.2 Å². The monoisotopic (exact) mass is 477 g/mol. The van der Waals surface area contributed by atoms with Gasteiger partial charge in [-0.25, -0.2) is 9.98 Å². The van der Waals surface area contributed by atoms with E-state index in [9.17, 15) is 5.11 Å². The molecule has 1 aromatic carbocycles. The van der Waals surface area contributed by atoms with E-state index in [2.05, 4.69) is 51.7 Å². The molecule has 0 spiro atoms. The molecule has 9 nitrogen and oxygen atoms in total. The Morgan fingerprint density at radius 1 is 1.31 bits per heavy atom. The lowest BCUT2D eigenvalue weighted by Gasteiger charge is -2.21. The van der Waals surface area contributed by atoms with Crippen molar-refractivity contribution in [2.75, 3.05) is 69.2 Å². The predicted molar refractivity (Wildman–Crippen MR) is 142 cm³/mol. The zero-order valence-electron chi connectivity index (χ0n) is 21.0. The summed E-state index contributed by atoms with van der Waals surface area (Å²) in [4.78, 5) is 18.6. The van der Waals surface area contributed by atoms with Crippen LogP contribution in [-0.2, 0) is 4.74 Å². The number of benzene rings is 1. The zero-order valence-corrected chi connectivity index (χ0v) is 21.0. The summed E-state index contributed by atoms with van der Waals surface area (Å²) >= 11 is 0. The Labute approximate surface area is 207 Å². The minimum Gasteiger partial charge on any atom is -0.395 e. The molecule has 4 rings (SSSR count). The molecular weight excluding hydrogens is 442 g/mol. The maximum atomic E-state index is 9.24. The number of methoxy groups -OCH3 is 1. The van der Waals surface area contributed by atoms with Crippen molar-refractivity contribution in [3.8, 4) is 0 Å². The first-order chi connectivity index (χ1) is 17.0. The van der Waals surface area contributed by atoms with E-state index >= 15 is 0 Å². The highest BCUT2D eigenvalue weighted by Crippen LogP contribution is 2.36. The molecule has 0 saturated heterocycles. The highest BCUT2D eigenvalue weighted by molar-refractivity contribution is 6.07. The third-order valence-electron chi connectivity index (χ3n) is 6.21. The highest BCUT2D eigenvalue weighted by atomic mass is 16.5. The molecule has 1 aromatic heterocycles. The maximum absolute atomic E-state index is 9.24. The average Bonchev–Trinajstić information content (AvgIpc) is 3.02. The quantitative estimate of drug-likeness (QED) is 0.507. The number of hydrogen-bond acceptors (Lipinski definition) is 9. The van der Waals surface area contributed by atoms with Crippen LogP contribution in [0.3, 0.4) is 0 Å². The lowest BCUT2D eigenvalue weighted by atomic mass is 10.1. The fourth-order valence-electron chi connectivity index (χ4n) is 4.51. The van der Waals surface area contributed by atoms with Crippen LogP contribution in [0.25, 0.3) is 0 Å². The van der Waals surface area contributed by atoms with E-state index in [-0.39, 0.29) is 12.5 Å². The van der Waals surface area contributed by atoms with Crippen LogP contribution in [0.5, 0.6) is 0 Å². The smallest absolute Gasteiger partial charge is 0.229 e. The predicted octanol–water partition coefficient (Wildman–Crippen LogP) is 2.97. The highest BCUT2D eigenvalue weighted by Gasteiger charge is 2.33. The second-order valence-corrected chi connectivity index (χ2v) is 8.84. The number of anilines is 4. The fraction of sp³-hybridized carbons (Fsp3) is 0.423. The van der Waals surface area contributed by atoms with Crippen molar-refractivity contribution in [3.63, 3.8) is 0 Å². The van der Waals surface area contributed by atoms with Crippen molar-refractivity contribution < 1.29 is 9.84 Å². The average molecular weight is 478 g/mol. The second-order valence-electron chi connectivity index (χ2n) is 8.84. The molecule has 1 atom stereocenters. The summed E-state index contributed by atoms with van der Waals surface area (Å²) in [6, 6.07) is 6.12. The number of ether oxygens (including phenoxy) is 1. The summed E-state index contributed by atoms with van der Waals surface area (Å²) in [7, 11) is 5.63. The molecule has 2 aromatic rings. The summed E-state index contributed by atoms with van der Waals surface area (Å²) in [5.41, 5.74) is 5.17. The zero-order chi connectivity index (χ0) is 24.8. The number of likely N-dealkylation sites (N-methyl/N-ethyl adjacent to an activating group) is 2. The van der Waals surface area contributed by atoms with Gasteiger partial charge in [0.1, 0.15) is 11.7 Å². The van der Waals surface area contributed by atoms with Gasteiger partial charge in [-0.1, -0.05) is 12.2 Å². The van der Waals surface area contributed by atoms with Gasteiger partial charge in [0.2, 0.25) is 5.95 Å². The number of nitrogens with zero attached hydrogens (tertiary/aromatic N) is 5. The van der Waals surface area contributed by atoms with Crippen LogP contribution in [0.1, 0.15) is 23.5 Å². The number of nitrogens with one attached hydrogen (secondary N) is 2. The van der Waals surface area contributed by atoms with Gasteiger partial charge in [0.25, 0.3) is 0 Å². The van der Waals surface area contributed by atoms with Crippen LogP contribution in [-0.4, -0.2) is 75.0 Å². The van der Waals surface area contributed by atoms with Gasteiger partial charge in [-0.3, -0.25) is 0 Å². The van der Waals surface area contributed by atoms with Crippen LogP contribution >= 0.6 is 0 Å². The van der Waals surface area contributed by atoms with E-state index in [1.165, 1.54) is 0 Å². The Balaban J connectivity index is 1.62. The third-order valence-corrected chi connectivity index (χ3v) is 6.21. The SMILES string of the molecule is CNCC1=CCC=CC(N2CC(COC)c3cnc(Nc4ccc(N(C)CCO)c(C)c4)nc32)=N1. The maximum Gasteiger partial charge on any atom is 0.229 e. The Morgan fingerprint density at radius 3 is 2.91 bits per heavy atom. The molecule has 0 saturated carbocycles. The van der Waals surface area contributed by atoms with Crippen molar-refractivity contribution >= 4 is 29.0 Å². The van der Waals surface area contributed by atoms with E-state index in [4.69, 9.17) is 14.7 Å². The molecule has 35 heavy (non-hydrogen) atoms. The summed E-state index contributed by atoms with van der Waals surface area (Å²) in [5, 5.41) is 15.8. The molecule has 3 N–H and O–H groups in total. The summed E-state index contributed by atoms with van der Waals surface area (Å²) < 4.78 is 5.49. The molecule has 0 aliphatic carbocycles. The van der Waals surface area contributed by atoms with Crippen LogP contribution in [0.2, 0.25) is 0 Å². The van der Waals surface area contributed by atoms with Crippen LogP contribution in [0, 0.1) is 6.92 Å². The number of aromatic nitrogens is 2. The summed E-state index contributed by atoms with van der Waals surface area (Å²) in [6.45, 7) is 4.81. The molecule has 2 aliphatic rings. The van der Waals surface area contributed by atoms with E-state index in [1.54, 1.807) is 7.11 Å². The van der Waals surface area contributed by atoms with E-state index in [0.29, 0.717) is 25.6 Å². The summed E-state index contributed by atoms with van der Waals surface area (Å²) in [6.07, 6.45) is 9.09. The van der Waals surface area contributed by atoms with Crippen LogP contribution in [0.4, 0.5) is 23.1 Å². The van der Waals surface area contributed by atoms with E-state index < -0.39 is 0 Å². The van der Waals surface area contributed by atoms with Gasteiger partial charge < -0.3 is 30.3 Å². The number of aryl methyl sites for hydroxylation is 1. The van der Waals surface area contributed by atoms with Crippen molar-refractivity contribution in [1.82, 2.24) is 15.3 Å². The summed E-state index contributed by atoms with van der Waals surface area (Å²) in [5.74, 6) is 2.44. The van der Waals surface area contributed by atoms with Crippen molar-refractivity contribution in [3.05, 3.63) is 59.4 Å². The molecule has 0 fully saturated rings. The number of aliphatic hydroxyl groups is 1. The normalized spacial score (nSPS) is 17.1. The fourth-order valence-corrected chi connectivity index (χ4v) is 4.51. The number of allylic oxidation sites excluding steroid dienone is 2. The molecule has 0 amide bonds. The van der Waals surface area contributed by atoms with Gasteiger partial charge in [-0.2, -0.15) is 4.98 Å². The Hall–Kier alpha value is -3.27. The van der Waals surface area contributed by atoms with Gasteiger partial charge in [0, 0.05) is 62.8 Å². The molecule has 186 valence electrons. The molecule has 2 aliphatic heterocycles. The molecular formula is C26H35N7O2. The first-order valence-corrected chi connectivity index (χ1v) is 12.0. The Kier molecular flexibility index (Phi) is 8.12. The third kappa shape index (κ3) is 5.70. The first kappa shape index (κ1) is 24.8.